The van der Waals surface area contributed by atoms with Crippen molar-refractivity contribution >= 4 is 39.1 Å². The topological polar surface area (TPSA) is 62.3 Å². The Kier molecular flexibility index (Phi) is 4.66. The second kappa shape index (κ2) is 7.12. The molecule has 0 atom stereocenters. The van der Waals surface area contributed by atoms with Crippen molar-refractivity contribution in [3.63, 3.8) is 0 Å². The molecular formula is C21H21N3O2S. The minimum absolute atomic E-state index is 0.0674. The van der Waals surface area contributed by atoms with Gasteiger partial charge in [0.25, 0.3) is 11.8 Å². The van der Waals surface area contributed by atoms with E-state index < -0.39 is 0 Å². The Balaban J connectivity index is 1.52. The van der Waals surface area contributed by atoms with Gasteiger partial charge in [-0.05, 0) is 68.7 Å². The number of benzene rings is 2. The molecule has 0 spiro atoms. The van der Waals surface area contributed by atoms with Crippen LogP contribution in [0.3, 0.4) is 0 Å². The summed E-state index contributed by atoms with van der Waals surface area (Å²) in [5, 5.41) is 3.93. The van der Waals surface area contributed by atoms with Crippen molar-refractivity contribution in [3.8, 4) is 0 Å². The van der Waals surface area contributed by atoms with Gasteiger partial charge in [0.2, 0.25) is 0 Å². The number of fused-ring (bicyclic) bond motifs is 1. The molecule has 0 aliphatic carbocycles. The number of likely N-dealkylation sites (tertiary alicyclic amines) is 1. The van der Waals surface area contributed by atoms with Crippen molar-refractivity contribution < 1.29 is 9.59 Å². The van der Waals surface area contributed by atoms with E-state index in [0.29, 0.717) is 16.8 Å². The Bertz CT molecular complexity index is 1040. The highest BCUT2D eigenvalue weighted by Crippen LogP contribution is 2.24. The van der Waals surface area contributed by atoms with Crippen LogP contribution < -0.4 is 5.32 Å². The van der Waals surface area contributed by atoms with Gasteiger partial charge < -0.3 is 10.2 Å². The SMILES string of the molecule is Cc1nc2cc(C(=O)Nc3ccc(C(=O)N4CCCC4)cc3C)ccc2s1. The maximum absolute atomic E-state index is 12.6. The molecule has 2 heterocycles. The maximum Gasteiger partial charge on any atom is 0.255 e. The Hall–Kier alpha value is -2.73. The number of thiazole rings is 1. The minimum atomic E-state index is -0.177. The minimum Gasteiger partial charge on any atom is -0.339 e. The summed E-state index contributed by atoms with van der Waals surface area (Å²) in [5.41, 5.74) is 3.68. The molecule has 5 nitrogen and oxygen atoms in total. The van der Waals surface area contributed by atoms with Gasteiger partial charge in [0.05, 0.1) is 15.2 Å². The fourth-order valence-corrected chi connectivity index (χ4v) is 4.23. The zero-order valence-corrected chi connectivity index (χ0v) is 16.2. The summed E-state index contributed by atoms with van der Waals surface area (Å²) < 4.78 is 1.07. The molecule has 1 saturated heterocycles. The Morgan fingerprint density at radius 2 is 1.78 bits per heavy atom. The number of carbonyl (C=O) groups excluding carboxylic acids is 2. The summed E-state index contributed by atoms with van der Waals surface area (Å²) in [6, 6.07) is 11.0. The Morgan fingerprint density at radius 3 is 2.52 bits per heavy atom. The zero-order chi connectivity index (χ0) is 19.0. The van der Waals surface area contributed by atoms with E-state index in [1.807, 2.05) is 49.1 Å². The molecule has 4 rings (SSSR count). The monoisotopic (exact) mass is 379 g/mol. The molecule has 2 amide bonds. The molecule has 6 heteroatoms. The second-order valence-corrected chi connectivity index (χ2v) is 8.13. The van der Waals surface area contributed by atoms with Gasteiger partial charge in [-0.15, -0.1) is 11.3 Å². The van der Waals surface area contributed by atoms with Crippen LogP contribution in [-0.2, 0) is 0 Å². The van der Waals surface area contributed by atoms with Crippen LogP contribution in [0.25, 0.3) is 10.2 Å². The number of aromatic nitrogens is 1. The summed E-state index contributed by atoms with van der Waals surface area (Å²) in [6.45, 7) is 5.52. The molecule has 138 valence electrons. The zero-order valence-electron chi connectivity index (χ0n) is 15.4. The quantitative estimate of drug-likeness (QED) is 0.734. The summed E-state index contributed by atoms with van der Waals surface area (Å²) in [7, 11) is 0. The molecular weight excluding hydrogens is 358 g/mol. The van der Waals surface area contributed by atoms with Crippen molar-refractivity contribution in [1.29, 1.82) is 0 Å². The normalized spacial score (nSPS) is 13.9. The van der Waals surface area contributed by atoms with Gasteiger partial charge in [-0.25, -0.2) is 4.98 Å². The van der Waals surface area contributed by atoms with Crippen molar-refractivity contribution in [3.05, 3.63) is 58.1 Å². The summed E-state index contributed by atoms with van der Waals surface area (Å²) in [6.07, 6.45) is 2.14. The van der Waals surface area contributed by atoms with Gasteiger partial charge in [-0.3, -0.25) is 9.59 Å². The van der Waals surface area contributed by atoms with Gasteiger partial charge >= 0.3 is 0 Å². The lowest BCUT2D eigenvalue weighted by Gasteiger charge is -2.16. The number of nitrogens with one attached hydrogen (secondary N) is 1. The highest BCUT2D eigenvalue weighted by atomic mass is 32.1. The lowest BCUT2D eigenvalue weighted by Crippen LogP contribution is -2.27. The molecule has 27 heavy (non-hydrogen) atoms. The first-order chi connectivity index (χ1) is 13.0. The van der Waals surface area contributed by atoms with Crippen molar-refractivity contribution in [2.24, 2.45) is 0 Å². The van der Waals surface area contributed by atoms with Crippen LogP contribution >= 0.6 is 11.3 Å². The van der Waals surface area contributed by atoms with Crippen molar-refractivity contribution in [2.45, 2.75) is 26.7 Å². The summed E-state index contributed by atoms with van der Waals surface area (Å²) >= 11 is 1.61. The van der Waals surface area contributed by atoms with E-state index in [1.54, 1.807) is 17.4 Å². The first kappa shape index (κ1) is 17.7. The van der Waals surface area contributed by atoms with Crippen LogP contribution in [-0.4, -0.2) is 34.8 Å². The third-order valence-corrected chi connectivity index (χ3v) is 5.82. The highest BCUT2D eigenvalue weighted by molar-refractivity contribution is 7.18. The molecule has 1 N–H and O–H groups in total. The summed E-state index contributed by atoms with van der Waals surface area (Å²) in [5.74, 6) is -0.109. The van der Waals surface area contributed by atoms with Crippen LogP contribution in [0.1, 0.15) is 44.1 Å². The first-order valence-electron chi connectivity index (χ1n) is 9.10. The van der Waals surface area contributed by atoms with Crippen LogP contribution in [0, 0.1) is 13.8 Å². The molecule has 3 aromatic rings. The van der Waals surface area contributed by atoms with Crippen molar-refractivity contribution in [1.82, 2.24) is 9.88 Å². The van der Waals surface area contributed by atoms with E-state index in [0.717, 1.165) is 46.7 Å². The molecule has 0 bridgehead atoms. The van der Waals surface area contributed by atoms with Gasteiger partial charge in [0, 0.05) is 29.9 Å². The van der Waals surface area contributed by atoms with E-state index >= 15 is 0 Å². The van der Waals surface area contributed by atoms with Crippen LogP contribution in [0.15, 0.2) is 36.4 Å². The number of anilines is 1. The summed E-state index contributed by atoms with van der Waals surface area (Å²) in [4.78, 5) is 31.5. The smallest absolute Gasteiger partial charge is 0.255 e. The van der Waals surface area contributed by atoms with Gasteiger partial charge in [0.15, 0.2) is 0 Å². The van der Waals surface area contributed by atoms with E-state index in [9.17, 15) is 9.59 Å². The molecule has 1 aliphatic heterocycles. The van der Waals surface area contributed by atoms with E-state index in [-0.39, 0.29) is 11.8 Å². The van der Waals surface area contributed by atoms with Gasteiger partial charge in [0.1, 0.15) is 0 Å². The average molecular weight is 379 g/mol. The molecule has 0 unspecified atom stereocenters. The maximum atomic E-state index is 12.6. The Labute approximate surface area is 162 Å². The number of rotatable bonds is 3. The number of nitrogens with zero attached hydrogens (tertiary/aromatic N) is 2. The fraction of sp³-hybridized carbons (Fsp3) is 0.286. The third kappa shape index (κ3) is 3.57. The lowest BCUT2D eigenvalue weighted by atomic mass is 10.1. The average Bonchev–Trinajstić information content (AvgIpc) is 3.30. The predicted molar refractivity (Wildman–Crippen MR) is 109 cm³/mol. The number of amides is 2. The first-order valence-corrected chi connectivity index (χ1v) is 9.91. The molecule has 0 saturated carbocycles. The number of aryl methyl sites for hydroxylation is 2. The number of carbonyl (C=O) groups is 2. The highest BCUT2D eigenvalue weighted by Gasteiger charge is 2.20. The molecule has 1 aromatic heterocycles. The molecule has 1 aliphatic rings. The largest absolute Gasteiger partial charge is 0.339 e. The fourth-order valence-electron chi connectivity index (χ4n) is 3.42. The predicted octanol–water partition coefficient (Wildman–Crippen LogP) is 4.40. The lowest BCUT2D eigenvalue weighted by molar-refractivity contribution is 0.0792. The molecule has 2 aromatic carbocycles. The van der Waals surface area contributed by atoms with Crippen molar-refractivity contribution in [2.75, 3.05) is 18.4 Å². The van der Waals surface area contributed by atoms with E-state index in [2.05, 4.69) is 10.3 Å². The van der Waals surface area contributed by atoms with E-state index in [1.165, 1.54) is 0 Å². The third-order valence-electron chi connectivity index (χ3n) is 4.87. The molecule has 1 fully saturated rings. The van der Waals surface area contributed by atoms with Gasteiger partial charge in [-0.1, -0.05) is 0 Å². The number of hydrogen-bond acceptors (Lipinski definition) is 4. The molecule has 0 radical (unpaired) electrons. The van der Waals surface area contributed by atoms with Gasteiger partial charge in [-0.2, -0.15) is 0 Å². The second-order valence-electron chi connectivity index (χ2n) is 6.90. The van der Waals surface area contributed by atoms with Crippen LogP contribution in [0.5, 0.6) is 0 Å². The van der Waals surface area contributed by atoms with Crippen LogP contribution in [0.4, 0.5) is 5.69 Å². The van der Waals surface area contributed by atoms with E-state index in [4.69, 9.17) is 0 Å². The van der Waals surface area contributed by atoms with Crippen LogP contribution in [0.2, 0.25) is 0 Å². The standard InChI is InChI=1S/C21H21N3O2S/c1-13-11-16(21(26)24-9-3-4-10-24)5-7-17(13)23-20(25)15-6-8-19-18(12-15)22-14(2)27-19/h5-8,11-12H,3-4,9-10H2,1-2H3,(H,23,25). The Morgan fingerprint density at radius 1 is 1.04 bits per heavy atom. The number of hydrogen-bond donors (Lipinski definition) is 1.